The van der Waals surface area contributed by atoms with Crippen LogP contribution in [-0.2, 0) is 14.5 Å². The molecule has 8 rings (SSSR count). The highest BCUT2D eigenvalue weighted by Crippen LogP contribution is 2.64. The van der Waals surface area contributed by atoms with E-state index in [0.29, 0.717) is 17.8 Å². The second-order valence-corrected chi connectivity index (χ2v) is 13.4. The number of ether oxygens (including phenoxy) is 2. The van der Waals surface area contributed by atoms with Gasteiger partial charge in [-0.3, -0.25) is 0 Å². The van der Waals surface area contributed by atoms with Gasteiger partial charge in [-0.2, -0.15) is 9.78 Å². The van der Waals surface area contributed by atoms with Gasteiger partial charge in [-0.25, -0.2) is 0 Å². The first-order valence-electron chi connectivity index (χ1n) is 15.5. The molecule has 7 fully saturated rings. The smallest absolute Gasteiger partial charge is 0.210 e. The van der Waals surface area contributed by atoms with Crippen LogP contribution >= 0.6 is 0 Å². The molecule has 1 aromatic rings. The van der Waals surface area contributed by atoms with Crippen molar-refractivity contribution in [2.75, 3.05) is 6.61 Å². The fourth-order valence-corrected chi connectivity index (χ4v) is 9.30. The first kappa shape index (κ1) is 24.0. The van der Waals surface area contributed by atoms with Crippen molar-refractivity contribution in [1.29, 1.82) is 0 Å². The zero-order valence-corrected chi connectivity index (χ0v) is 22.1. The molecule has 1 heterocycles. The summed E-state index contributed by atoms with van der Waals surface area (Å²) in [7, 11) is 0. The van der Waals surface area contributed by atoms with E-state index in [-0.39, 0.29) is 0 Å². The number of rotatable bonds is 7. The van der Waals surface area contributed by atoms with Crippen LogP contribution in [0.3, 0.4) is 0 Å². The van der Waals surface area contributed by atoms with Crippen molar-refractivity contribution in [3.05, 3.63) is 29.8 Å². The van der Waals surface area contributed by atoms with Crippen LogP contribution in [0.2, 0.25) is 0 Å². The van der Waals surface area contributed by atoms with E-state index in [1.807, 2.05) is 0 Å². The lowest BCUT2D eigenvalue weighted by Gasteiger charge is -2.57. The molecule has 4 bridgehead atoms. The molecule has 0 aromatic heterocycles. The molecule has 0 radical (unpaired) electrons. The molecule has 1 saturated heterocycles. The Kier molecular flexibility index (Phi) is 6.59. The van der Waals surface area contributed by atoms with Gasteiger partial charge >= 0.3 is 0 Å². The second kappa shape index (κ2) is 9.89. The molecule has 198 valence electrons. The van der Waals surface area contributed by atoms with Gasteiger partial charge < -0.3 is 9.47 Å². The van der Waals surface area contributed by atoms with E-state index in [0.717, 1.165) is 49.4 Å². The predicted octanol–water partition coefficient (Wildman–Crippen LogP) is 8.30. The number of unbranched alkanes of at least 4 members (excludes halogenated alkanes) is 1. The van der Waals surface area contributed by atoms with E-state index >= 15 is 0 Å². The topological polar surface area (TPSA) is 36.9 Å². The highest BCUT2D eigenvalue weighted by Gasteiger charge is 2.67. The highest BCUT2D eigenvalue weighted by atomic mass is 17.3. The van der Waals surface area contributed by atoms with Crippen LogP contribution in [0.15, 0.2) is 24.3 Å². The Morgan fingerprint density at radius 3 is 2.28 bits per heavy atom. The van der Waals surface area contributed by atoms with Gasteiger partial charge in [0.05, 0.1) is 6.61 Å². The largest absolute Gasteiger partial charge is 0.494 e. The summed E-state index contributed by atoms with van der Waals surface area (Å²) in [5.74, 6) is 4.31. The van der Waals surface area contributed by atoms with Crippen LogP contribution in [0.5, 0.6) is 5.75 Å². The number of benzene rings is 1. The molecule has 36 heavy (non-hydrogen) atoms. The molecule has 4 nitrogen and oxygen atoms in total. The van der Waals surface area contributed by atoms with Crippen LogP contribution in [0.1, 0.15) is 121 Å². The van der Waals surface area contributed by atoms with Gasteiger partial charge in [0.2, 0.25) is 11.6 Å². The minimum atomic E-state index is -0.550. The van der Waals surface area contributed by atoms with Gasteiger partial charge in [-0.1, -0.05) is 50.7 Å². The maximum atomic E-state index is 6.98. The lowest BCUT2D eigenvalue weighted by atomic mass is 9.53. The zero-order chi connectivity index (χ0) is 24.0. The van der Waals surface area contributed by atoms with Crippen molar-refractivity contribution in [2.24, 2.45) is 29.6 Å². The molecule has 1 aliphatic heterocycles. The fraction of sp³-hybridized carbons (Fsp3) is 0.812. The van der Waals surface area contributed by atoms with E-state index < -0.39 is 11.6 Å². The van der Waals surface area contributed by atoms with Crippen LogP contribution in [0.4, 0.5) is 0 Å². The first-order chi connectivity index (χ1) is 17.7. The van der Waals surface area contributed by atoms with Crippen LogP contribution in [-0.4, -0.2) is 18.2 Å². The van der Waals surface area contributed by atoms with Gasteiger partial charge in [0, 0.05) is 24.7 Å². The maximum absolute atomic E-state index is 6.98. The van der Waals surface area contributed by atoms with E-state index in [4.69, 9.17) is 19.2 Å². The van der Waals surface area contributed by atoms with E-state index in [1.54, 1.807) is 0 Å². The van der Waals surface area contributed by atoms with E-state index in [1.165, 1.54) is 95.5 Å². The van der Waals surface area contributed by atoms with Gasteiger partial charge in [0.25, 0.3) is 0 Å². The summed E-state index contributed by atoms with van der Waals surface area (Å²) in [6.07, 6.45) is 21.9. The molecule has 0 unspecified atom stereocenters. The summed E-state index contributed by atoms with van der Waals surface area (Å²) < 4.78 is 13.1. The minimum Gasteiger partial charge on any atom is -0.494 e. The minimum absolute atomic E-state index is 0.454. The molecule has 7 aliphatic rings. The van der Waals surface area contributed by atoms with Gasteiger partial charge in [0.15, 0.2) is 0 Å². The average molecular weight is 495 g/mol. The van der Waals surface area contributed by atoms with E-state index in [2.05, 4.69) is 24.3 Å². The quantitative estimate of drug-likeness (QED) is 0.282. The van der Waals surface area contributed by atoms with Gasteiger partial charge in [0.1, 0.15) is 5.75 Å². The molecular formula is C32H46O4. The van der Waals surface area contributed by atoms with Crippen molar-refractivity contribution < 1.29 is 19.2 Å². The summed E-state index contributed by atoms with van der Waals surface area (Å²) in [6.45, 7) is 0.837. The molecule has 2 spiro atoms. The highest BCUT2D eigenvalue weighted by molar-refractivity contribution is 5.30. The average Bonchev–Trinajstić information content (AvgIpc) is 3.27. The Bertz CT molecular complexity index is 862. The third-order valence-electron chi connectivity index (χ3n) is 11.0. The zero-order valence-electron chi connectivity index (χ0n) is 22.1. The molecule has 4 heteroatoms. The molecular weight excluding hydrogens is 448 g/mol. The third-order valence-corrected chi connectivity index (χ3v) is 11.0. The molecule has 0 N–H and O–H groups in total. The summed E-state index contributed by atoms with van der Waals surface area (Å²) in [5, 5.41) is 0. The SMILES string of the molecule is c1cc([C@@H]2CCC[C@]3(C2)OOC2(O3)C3CC4CC(C3)CC2C4)ccc1OCCCCC1CCCCC1. The van der Waals surface area contributed by atoms with Crippen LogP contribution in [0.25, 0.3) is 0 Å². The Hall–Kier alpha value is -1.10. The lowest BCUT2D eigenvalue weighted by Crippen LogP contribution is -2.59. The summed E-state index contributed by atoms with van der Waals surface area (Å²) in [6, 6.07) is 8.89. The molecule has 6 aliphatic carbocycles. The monoisotopic (exact) mass is 494 g/mol. The molecule has 1 aromatic carbocycles. The Morgan fingerprint density at radius 2 is 1.53 bits per heavy atom. The van der Waals surface area contributed by atoms with Crippen molar-refractivity contribution in [1.82, 2.24) is 0 Å². The Morgan fingerprint density at radius 1 is 0.778 bits per heavy atom. The first-order valence-corrected chi connectivity index (χ1v) is 15.5. The van der Waals surface area contributed by atoms with Crippen molar-refractivity contribution in [3.8, 4) is 5.75 Å². The number of hydrogen-bond donors (Lipinski definition) is 0. The molecule has 0 amide bonds. The lowest BCUT2D eigenvalue weighted by molar-refractivity contribution is -0.390. The Balaban J connectivity index is 0.922. The Labute approximate surface area is 217 Å². The normalized spacial score (nSPS) is 41.9. The molecule has 6 saturated carbocycles. The van der Waals surface area contributed by atoms with Crippen molar-refractivity contribution >= 4 is 0 Å². The predicted molar refractivity (Wildman–Crippen MR) is 139 cm³/mol. The second-order valence-electron chi connectivity index (χ2n) is 13.4. The number of hydrogen-bond acceptors (Lipinski definition) is 4. The van der Waals surface area contributed by atoms with Crippen molar-refractivity contribution in [3.63, 3.8) is 0 Å². The van der Waals surface area contributed by atoms with Crippen LogP contribution in [0, 0.1) is 29.6 Å². The van der Waals surface area contributed by atoms with Gasteiger partial charge in [-0.05, 0) is 99.2 Å². The standard InChI is InChI=1S/C32H46O4/c1-2-7-23(8-3-1)9-4-5-16-33-30-13-11-26(12-14-30)27-10-6-15-31(22-27)34-32(36-35-31)28-18-24-17-25(20-28)21-29(32)19-24/h11-14,23-25,27-29H,1-10,15-22H2/t24?,25?,27-,28?,29?,31-,32?/m1/s1. The maximum Gasteiger partial charge on any atom is 0.210 e. The van der Waals surface area contributed by atoms with Crippen molar-refractivity contribution in [2.45, 2.75) is 127 Å². The molecule has 2 atom stereocenters. The third kappa shape index (κ3) is 4.54. The summed E-state index contributed by atoms with van der Waals surface area (Å²) in [5.41, 5.74) is 1.39. The van der Waals surface area contributed by atoms with E-state index in [9.17, 15) is 0 Å². The summed E-state index contributed by atoms with van der Waals surface area (Å²) in [4.78, 5) is 12.5. The van der Waals surface area contributed by atoms with Gasteiger partial charge in [-0.15, -0.1) is 0 Å². The van der Waals surface area contributed by atoms with Crippen LogP contribution < -0.4 is 4.74 Å². The fourth-order valence-electron chi connectivity index (χ4n) is 9.30. The summed E-state index contributed by atoms with van der Waals surface area (Å²) >= 11 is 0.